The summed E-state index contributed by atoms with van der Waals surface area (Å²) in [6.45, 7) is 0.158. The largest absolute Gasteiger partial charge is 0.497 e. The van der Waals surface area contributed by atoms with Crippen LogP contribution >= 0.6 is 0 Å². The Hall–Kier alpha value is -3.48. The Morgan fingerprint density at radius 2 is 1.75 bits per heavy atom. The highest BCUT2D eigenvalue weighted by Crippen LogP contribution is 2.17. The van der Waals surface area contributed by atoms with Crippen LogP contribution in [-0.4, -0.2) is 29.0 Å². The Kier molecular flexibility index (Phi) is 6.51. The number of ether oxygens (including phenoxy) is 1. The number of aromatic nitrogens is 2. The molecular formula is C21H21N3O4. The minimum atomic E-state index is -0.165. The van der Waals surface area contributed by atoms with Crippen LogP contribution in [-0.2, 0) is 11.3 Å². The van der Waals surface area contributed by atoms with E-state index in [9.17, 15) is 9.59 Å². The number of amides is 1. The van der Waals surface area contributed by atoms with E-state index in [4.69, 9.17) is 9.15 Å². The topological polar surface area (TPSA) is 94.3 Å². The first kappa shape index (κ1) is 19.3. The van der Waals surface area contributed by atoms with E-state index >= 15 is 0 Å². The molecule has 1 aromatic heterocycles. The van der Waals surface area contributed by atoms with Crippen LogP contribution in [0, 0.1) is 0 Å². The molecular weight excluding hydrogens is 358 g/mol. The minimum Gasteiger partial charge on any atom is -0.497 e. The minimum absolute atomic E-state index is 0.000132. The number of ketones is 1. The first-order valence-electron chi connectivity index (χ1n) is 8.97. The standard InChI is InChI=1S/C21H21N3O4/c1-27-17-12-10-15(11-13-17)18(25)8-5-9-19(26)22-14-20-23-24-21(28-20)16-6-3-2-4-7-16/h2-4,6-7,10-13H,5,8-9,14H2,1H3,(H,22,26). The van der Waals surface area contributed by atoms with Gasteiger partial charge in [0.05, 0.1) is 13.7 Å². The number of rotatable bonds is 9. The number of benzene rings is 2. The third-order valence-corrected chi connectivity index (χ3v) is 4.14. The Morgan fingerprint density at radius 3 is 2.46 bits per heavy atom. The highest BCUT2D eigenvalue weighted by molar-refractivity contribution is 5.96. The van der Waals surface area contributed by atoms with Crippen LogP contribution in [0.4, 0.5) is 0 Å². The zero-order chi connectivity index (χ0) is 19.8. The molecule has 28 heavy (non-hydrogen) atoms. The molecule has 144 valence electrons. The highest BCUT2D eigenvalue weighted by atomic mass is 16.5. The molecule has 0 aliphatic carbocycles. The van der Waals surface area contributed by atoms with Crippen molar-refractivity contribution in [3.63, 3.8) is 0 Å². The highest BCUT2D eigenvalue weighted by Gasteiger charge is 2.11. The second-order valence-corrected chi connectivity index (χ2v) is 6.15. The van der Waals surface area contributed by atoms with E-state index in [0.717, 1.165) is 5.56 Å². The molecule has 0 atom stereocenters. The van der Waals surface area contributed by atoms with Crippen molar-refractivity contribution in [2.24, 2.45) is 0 Å². The Bertz CT molecular complexity index is 920. The molecule has 0 aliphatic heterocycles. The maximum absolute atomic E-state index is 12.1. The zero-order valence-electron chi connectivity index (χ0n) is 15.6. The second kappa shape index (κ2) is 9.45. The molecule has 0 fully saturated rings. The van der Waals surface area contributed by atoms with E-state index in [1.807, 2.05) is 30.3 Å². The third-order valence-electron chi connectivity index (χ3n) is 4.14. The lowest BCUT2D eigenvalue weighted by Crippen LogP contribution is -2.22. The molecule has 2 aromatic carbocycles. The lowest BCUT2D eigenvalue weighted by atomic mass is 10.1. The molecule has 0 unspecified atom stereocenters. The maximum Gasteiger partial charge on any atom is 0.247 e. The first-order valence-corrected chi connectivity index (χ1v) is 8.97. The number of carbonyl (C=O) groups excluding carboxylic acids is 2. The molecule has 0 aliphatic rings. The molecule has 1 N–H and O–H groups in total. The van der Waals surface area contributed by atoms with Gasteiger partial charge in [0.25, 0.3) is 0 Å². The molecule has 1 heterocycles. The summed E-state index contributed by atoms with van der Waals surface area (Å²) in [7, 11) is 1.58. The number of Topliss-reactive ketones (excluding diaryl/α,β-unsaturated/α-hetero) is 1. The maximum atomic E-state index is 12.1. The number of nitrogens with zero attached hydrogens (tertiary/aromatic N) is 2. The van der Waals surface area contributed by atoms with Crippen LogP contribution in [0.15, 0.2) is 59.0 Å². The second-order valence-electron chi connectivity index (χ2n) is 6.15. The molecule has 0 radical (unpaired) electrons. The molecule has 7 heteroatoms. The summed E-state index contributed by atoms with van der Waals surface area (Å²) in [6, 6.07) is 16.3. The molecule has 0 saturated heterocycles. The molecule has 0 bridgehead atoms. The molecule has 0 spiro atoms. The summed E-state index contributed by atoms with van der Waals surface area (Å²) in [6.07, 6.45) is 1.02. The van der Waals surface area contributed by atoms with Gasteiger partial charge in [-0.3, -0.25) is 9.59 Å². The third kappa shape index (κ3) is 5.26. The van der Waals surface area contributed by atoms with Gasteiger partial charge in [0.2, 0.25) is 17.7 Å². The van der Waals surface area contributed by atoms with Crippen LogP contribution in [0.1, 0.15) is 35.5 Å². The number of hydrogen-bond donors (Lipinski definition) is 1. The van der Waals surface area contributed by atoms with Gasteiger partial charge in [0, 0.05) is 24.0 Å². The average molecular weight is 379 g/mol. The van der Waals surface area contributed by atoms with Crippen molar-refractivity contribution in [1.29, 1.82) is 0 Å². The van der Waals surface area contributed by atoms with E-state index in [-0.39, 0.29) is 24.7 Å². The fraction of sp³-hybridized carbons (Fsp3) is 0.238. The number of nitrogens with one attached hydrogen (secondary N) is 1. The van der Waals surface area contributed by atoms with Crippen LogP contribution in [0.2, 0.25) is 0 Å². The Balaban J connectivity index is 1.40. The number of methoxy groups -OCH3 is 1. The number of carbonyl (C=O) groups is 2. The van der Waals surface area contributed by atoms with Crippen molar-refractivity contribution in [3.05, 3.63) is 66.1 Å². The lowest BCUT2D eigenvalue weighted by molar-refractivity contribution is -0.121. The van der Waals surface area contributed by atoms with Gasteiger partial charge in [-0.05, 0) is 42.8 Å². The fourth-order valence-electron chi connectivity index (χ4n) is 2.62. The van der Waals surface area contributed by atoms with Crippen molar-refractivity contribution in [2.75, 3.05) is 7.11 Å². The van der Waals surface area contributed by atoms with Crippen molar-refractivity contribution < 1.29 is 18.7 Å². The lowest BCUT2D eigenvalue weighted by Gasteiger charge is -2.04. The predicted octanol–water partition coefficient (Wildman–Crippen LogP) is 3.41. The van der Waals surface area contributed by atoms with Crippen molar-refractivity contribution in [1.82, 2.24) is 15.5 Å². The zero-order valence-corrected chi connectivity index (χ0v) is 15.6. The summed E-state index contributed by atoms with van der Waals surface area (Å²) < 4.78 is 10.6. The molecule has 0 saturated carbocycles. The van der Waals surface area contributed by atoms with Crippen molar-refractivity contribution in [2.45, 2.75) is 25.8 Å². The first-order chi connectivity index (χ1) is 13.7. The smallest absolute Gasteiger partial charge is 0.247 e. The molecule has 1 amide bonds. The quantitative estimate of drug-likeness (QED) is 0.573. The van der Waals surface area contributed by atoms with E-state index in [0.29, 0.717) is 35.9 Å². The van der Waals surface area contributed by atoms with E-state index < -0.39 is 0 Å². The number of hydrogen-bond acceptors (Lipinski definition) is 6. The van der Waals surface area contributed by atoms with Gasteiger partial charge in [0.15, 0.2) is 5.78 Å². The van der Waals surface area contributed by atoms with Crippen LogP contribution in [0.25, 0.3) is 11.5 Å². The fourth-order valence-corrected chi connectivity index (χ4v) is 2.62. The van der Waals surface area contributed by atoms with Gasteiger partial charge in [-0.2, -0.15) is 0 Å². The SMILES string of the molecule is COc1ccc(C(=O)CCCC(=O)NCc2nnc(-c3ccccc3)o2)cc1. The van der Waals surface area contributed by atoms with Gasteiger partial charge < -0.3 is 14.5 Å². The summed E-state index contributed by atoms with van der Waals surface area (Å²) >= 11 is 0. The Morgan fingerprint density at radius 1 is 1.00 bits per heavy atom. The van der Waals surface area contributed by atoms with Gasteiger partial charge in [-0.15, -0.1) is 10.2 Å². The Labute approximate surface area is 162 Å². The van der Waals surface area contributed by atoms with E-state index in [1.165, 1.54) is 0 Å². The van der Waals surface area contributed by atoms with Gasteiger partial charge in [0.1, 0.15) is 5.75 Å². The molecule has 3 rings (SSSR count). The van der Waals surface area contributed by atoms with E-state index in [2.05, 4.69) is 15.5 Å². The van der Waals surface area contributed by atoms with Crippen molar-refractivity contribution in [3.8, 4) is 17.2 Å². The van der Waals surface area contributed by atoms with Crippen LogP contribution in [0.3, 0.4) is 0 Å². The van der Waals surface area contributed by atoms with E-state index in [1.54, 1.807) is 31.4 Å². The van der Waals surface area contributed by atoms with Gasteiger partial charge in [-0.1, -0.05) is 18.2 Å². The molecule has 3 aromatic rings. The van der Waals surface area contributed by atoms with Crippen LogP contribution in [0.5, 0.6) is 5.75 Å². The van der Waals surface area contributed by atoms with Crippen molar-refractivity contribution >= 4 is 11.7 Å². The van der Waals surface area contributed by atoms with Gasteiger partial charge in [-0.25, -0.2) is 0 Å². The summed E-state index contributed by atoms with van der Waals surface area (Å²) in [5, 5.41) is 10.6. The van der Waals surface area contributed by atoms with Gasteiger partial charge >= 0.3 is 0 Å². The predicted molar refractivity (Wildman–Crippen MR) is 103 cm³/mol. The van der Waals surface area contributed by atoms with Crippen LogP contribution < -0.4 is 10.1 Å². The molecule has 7 nitrogen and oxygen atoms in total. The summed E-state index contributed by atoms with van der Waals surface area (Å²) in [5.41, 5.74) is 1.44. The summed E-state index contributed by atoms with van der Waals surface area (Å²) in [5.74, 6) is 1.28. The normalized spacial score (nSPS) is 10.5. The monoisotopic (exact) mass is 379 g/mol. The average Bonchev–Trinajstić information content (AvgIpc) is 3.22. The summed E-state index contributed by atoms with van der Waals surface area (Å²) in [4.78, 5) is 24.1.